The van der Waals surface area contributed by atoms with Crippen molar-refractivity contribution in [1.82, 2.24) is 10.3 Å². The molecule has 178 valence electrons. The Balaban J connectivity index is 1.28. The molecule has 0 atom stereocenters. The van der Waals surface area contributed by atoms with Crippen LogP contribution in [0, 0.1) is 0 Å². The first-order valence-electron chi connectivity index (χ1n) is 11.5. The second kappa shape index (κ2) is 12.2. The second-order valence-corrected chi connectivity index (χ2v) is 7.95. The number of pyridine rings is 1. The molecule has 0 spiro atoms. The van der Waals surface area contributed by atoms with Crippen LogP contribution in [0.25, 0.3) is 0 Å². The molecule has 6 heteroatoms. The van der Waals surface area contributed by atoms with E-state index in [0.29, 0.717) is 49.1 Å². The van der Waals surface area contributed by atoms with Gasteiger partial charge in [-0.25, -0.2) is 4.98 Å². The highest BCUT2D eigenvalue weighted by Crippen LogP contribution is 2.29. The third kappa shape index (κ3) is 7.33. The molecule has 0 saturated carbocycles. The third-order valence-corrected chi connectivity index (χ3v) is 5.35. The largest absolute Gasteiger partial charge is 0.493 e. The smallest absolute Gasteiger partial charge is 0.220 e. The fourth-order valence-electron chi connectivity index (χ4n) is 3.52. The lowest BCUT2D eigenvalue weighted by Crippen LogP contribution is -2.23. The molecule has 1 heterocycles. The number of aromatic nitrogens is 1. The predicted molar refractivity (Wildman–Crippen MR) is 135 cm³/mol. The number of aryl methyl sites for hydroxylation is 1. The summed E-state index contributed by atoms with van der Waals surface area (Å²) in [5.74, 6) is 2.52. The van der Waals surface area contributed by atoms with E-state index in [1.165, 1.54) is 0 Å². The topological polar surface area (TPSA) is 69.7 Å². The van der Waals surface area contributed by atoms with Crippen LogP contribution in [0.15, 0.2) is 97.2 Å². The Labute approximate surface area is 205 Å². The Morgan fingerprint density at radius 3 is 2.46 bits per heavy atom. The minimum absolute atomic E-state index is 0.0244. The molecule has 1 aromatic heterocycles. The average molecular weight is 469 g/mol. The van der Waals surface area contributed by atoms with Gasteiger partial charge in [-0.15, -0.1) is 0 Å². The van der Waals surface area contributed by atoms with Crippen LogP contribution in [0.2, 0.25) is 0 Å². The van der Waals surface area contributed by atoms with Gasteiger partial charge in [-0.3, -0.25) is 4.79 Å². The Morgan fingerprint density at radius 1 is 0.829 bits per heavy atom. The summed E-state index contributed by atoms with van der Waals surface area (Å²) in [7, 11) is 1.62. The SMILES string of the molecule is COc1ccc(CCC(=O)NCc2cccc(Oc3ccccn3)c2)cc1OCc1ccccc1. The van der Waals surface area contributed by atoms with Crippen LogP contribution in [-0.4, -0.2) is 18.0 Å². The second-order valence-electron chi connectivity index (χ2n) is 7.95. The van der Waals surface area contributed by atoms with E-state index >= 15 is 0 Å². The van der Waals surface area contributed by atoms with Crippen molar-refractivity contribution in [1.29, 1.82) is 0 Å². The third-order valence-electron chi connectivity index (χ3n) is 5.35. The molecule has 3 aromatic carbocycles. The molecule has 0 saturated heterocycles. The first-order valence-corrected chi connectivity index (χ1v) is 11.5. The van der Waals surface area contributed by atoms with Gasteiger partial charge in [0.25, 0.3) is 0 Å². The number of amides is 1. The van der Waals surface area contributed by atoms with Crippen LogP contribution in [0.4, 0.5) is 0 Å². The number of hydrogen-bond donors (Lipinski definition) is 1. The van der Waals surface area contributed by atoms with Gasteiger partial charge in [0.1, 0.15) is 12.4 Å². The van der Waals surface area contributed by atoms with Crippen LogP contribution >= 0.6 is 0 Å². The number of ether oxygens (including phenoxy) is 3. The highest BCUT2D eigenvalue weighted by Gasteiger charge is 2.09. The van der Waals surface area contributed by atoms with E-state index in [0.717, 1.165) is 16.7 Å². The fraction of sp³-hybridized carbons (Fsp3) is 0.172. The van der Waals surface area contributed by atoms with Crippen molar-refractivity contribution in [3.05, 3.63) is 114 Å². The lowest BCUT2D eigenvalue weighted by molar-refractivity contribution is -0.121. The van der Waals surface area contributed by atoms with Gasteiger partial charge in [0, 0.05) is 25.2 Å². The Hall–Kier alpha value is -4.32. The van der Waals surface area contributed by atoms with Crippen LogP contribution in [0.1, 0.15) is 23.1 Å². The van der Waals surface area contributed by atoms with Gasteiger partial charge in [-0.05, 0) is 53.4 Å². The predicted octanol–water partition coefficient (Wildman–Crippen LogP) is 5.71. The van der Waals surface area contributed by atoms with Crippen LogP contribution < -0.4 is 19.5 Å². The van der Waals surface area contributed by atoms with E-state index in [9.17, 15) is 4.79 Å². The minimum atomic E-state index is -0.0244. The minimum Gasteiger partial charge on any atom is -0.493 e. The molecule has 0 bridgehead atoms. The van der Waals surface area contributed by atoms with Gasteiger partial charge >= 0.3 is 0 Å². The zero-order valence-corrected chi connectivity index (χ0v) is 19.6. The zero-order chi connectivity index (χ0) is 24.3. The summed E-state index contributed by atoms with van der Waals surface area (Å²) < 4.78 is 17.2. The van der Waals surface area contributed by atoms with Crippen LogP contribution in [-0.2, 0) is 24.4 Å². The zero-order valence-electron chi connectivity index (χ0n) is 19.6. The standard InChI is InChI=1S/C29H28N2O4/c1-33-26-15-13-22(19-27(26)34-21-23-8-3-2-4-9-23)14-16-28(32)31-20-24-10-7-11-25(18-24)35-29-12-5-6-17-30-29/h2-13,15,17-19H,14,16,20-21H2,1H3,(H,31,32). The Bertz CT molecular complexity index is 1230. The van der Waals surface area contributed by atoms with Crippen molar-refractivity contribution in [3.63, 3.8) is 0 Å². The number of nitrogens with one attached hydrogen (secondary N) is 1. The molecule has 1 amide bonds. The molecular weight excluding hydrogens is 440 g/mol. The molecule has 0 fully saturated rings. The van der Waals surface area contributed by atoms with E-state index in [2.05, 4.69) is 10.3 Å². The number of hydrogen-bond acceptors (Lipinski definition) is 5. The van der Waals surface area contributed by atoms with Crippen molar-refractivity contribution >= 4 is 5.91 Å². The fourth-order valence-corrected chi connectivity index (χ4v) is 3.52. The van der Waals surface area contributed by atoms with Crippen molar-refractivity contribution in [3.8, 4) is 23.1 Å². The summed E-state index contributed by atoms with van der Waals surface area (Å²) in [6.45, 7) is 0.872. The molecule has 6 nitrogen and oxygen atoms in total. The molecule has 35 heavy (non-hydrogen) atoms. The Kier molecular flexibility index (Phi) is 8.32. The molecule has 0 unspecified atom stereocenters. The van der Waals surface area contributed by atoms with Crippen molar-refractivity contribution in [2.75, 3.05) is 7.11 Å². The van der Waals surface area contributed by atoms with Gasteiger partial charge in [0.05, 0.1) is 7.11 Å². The molecule has 0 radical (unpaired) electrons. The maximum atomic E-state index is 12.5. The summed E-state index contributed by atoms with van der Waals surface area (Å²) in [5.41, 5.74) is 3.04. The van der Waals surface area contributed by atoms with E-state index in [-0.39, 0.29) is 5.91 Å². The number of carbonyl (C=O) groups is 1. The summed E-state index contributed by atoms with van der Waals surface area (Å²) in [6, 6.07) is 28.8. The van der Waals surface area contributed by atoms with Crippen molar-refractivity contribution < 1.29 is 19.0 Å². The van der Waals surface area contributed by atoms with E-state index < -0.39 is 0 Å². The van der Waals surface area contributed by atoms with E-state index in [4.69, 9.17) is 14.2 Å². The average Bonchev–Trinajstić information content (AvgIpc) is 2.91. The molecule has 0 aliphatic carbocycles. The van der Waals surface area contributed by atoms with Crippen molar-refractivity contribution in [2.24, 2.45) is 0 Å². The van der Waals surface area contributed by atoms with Gasteiger partial charge in [-0.2, -0.15) is 0 Å². The maximum absolute atomic E-state index is 12.5. The highest BCUT2D eigenvalue weighted by molar-refractivity contribution is 5.76. The molecule has 4 rings (SSSR count). The first kappa shape index (κ1) is 23.8. The Morgan fingerprint density at radius 2 is 1.66 bits per heavy atom. The van der Waals surface area contributed by atoms with E-state index in [1.54, 1.807) is 19.4 Å². The molecule has 1 N–H and O–H groups in total. The van der Waals surface area contributed by atoms with Gasteiger partial charge in [0.2, 0.25) is 11.8 Å². The molecule has 0 aliphatic heterocycles. The summed E-state index contributed by atoms with van der Waals surface area (Å²) in [5, 5.41) is 2.98. The number of carbonyl (C=O) groups excluding carboxylic acids is 1. The summed E-state index contributed by atoms with van der Waals surface area (Å²) in [4.78, 5) is 16.6. The highest BCUT2D eigenvalue weighted by atomic mass is 16.5. The maximum Gasteiger partial charge on any atom is 0.220 e. The van der Waals surface area contributed by atoms with Crippen LogP contribution in [0.3, 0.4) is 0 Å². The molecule has 0 aliphatic rings. The molecule has 4 aromatic rings. The first-order chi connectivity index (χ1) is 17.2. The monoisotopic (exact) mass is 468 g/mol. The van der Waals surface area contributed by atoms with E-state index in [1.807, 2.05) is 84.9 Å². The lowest BCUT2D eigenvalue weighted by Gasteiger charge is -2.13. The summed E-state index contributed by atoms with van der Waals surface area (Å²) in [6.07, 6.45) is 2.65. The van der Waals surface area contributed by atoms with Gasteiger partial charge < -0.3 is 19.5 Å². The van der Waals surface area contributed by atoms with Crippen molar-refractivity contribution in [2.45, 2.75) is 26.0 Å². The number of rotatable bonds is 11. The number of nitrogens with zero attached hydrogens (tertiary/aromatic N) is 1. The lowest BCUT2D eigenvalue weighted by atomic mass is 10.1. The quantitative estimate of drug-likeness (QED) is 0.305. The number of methoxy groups -OCH3 is 1. The van der Waals surface area contributed by atoms with Crippen LogP contribution in [0.5, 0.6) is 23.1 Å². The normalized spacial score (nSPS) is 10.4. The van der Waals surface area contributed by atoms with Gasteiger partial charge in [-0.1, -0.05) is 54.6 Å². The number of benzene rings is 3. The molecular formula is C29H28N2O4. The van der Waals surface area contributed by atoms with Gasteiger partial charge in [0.15, 0.2) is 11.5 Å². The summed E-state index contributed by atoms with van der Waals surface area (Å²) >= 11 is 0.